The molecule has 0 radical (unpaired) electrons. The number of hydroxylamine groups is 1. The molecule has 76 valence electrons. The third-order valence-corrected chi connectivity index (χ3v) is 3.24. The summed E-state index contributed by atoms with van der Waals surface area (Å²) in [5.74, 6) is 0.695. The molecule has 0 atom stereocenters. The van der Waals surface area contributed by atoms with Crippen molar-refractivity contribution in [1.29, 1.82) is 0 Å². The molecular formula is C11H14BrNO. The summed E-state index contributed by atoms with van der Waals surface area (Å²) >= 11 is 3.49. The molecule has 1 aliphatic carbocycles. The maximum absolute atomic E-state index is 4.89. The van der Waals surface area contributed by atoms with Crippen molar-refractivity contribution in [2.75, 3.05) is 7.11 Å². The van der Waals surface area contributed by atoms with Crippen LogP contribution >= 0.6 is 15.9 Å². The van der Waals surface area contributed by atoms with Gasteiger partial charge >= 0.3 is 0 Å². The molecule has 1 aliphatic rings. The van der Waals surface area contributed by atoms with E-state index in [-0.39, 0.29) is 0 Å². The van der Waals surface area contributed by atoms with Gasteiger partial charge in [0.1, 0.15) is 0 Å². The lowest BCUT2D eigenvalue weighted by Gasteiger charge is -2.35. The van der Waals surface area contributed by atoms with Gasteiger partial charge in [-0.25, -0.2) is 0 Å². The maximum Gasteiger partial charge on any atom is 0.0572 e. The predicted octanol–water partition coefficient (Wildman–Crippen LogP) is 2.85. The minimum atomic E-state index is 0.531. The molecule has 2 rings (SSSR count). The first-order valence-electron chi connectivity index (χ1n) is 4.83. The van der Waals surface area contributed by atoms with Crippen LogP contribution in [0.4, 0.5) is 0 Å². The van der Waals surface area contributed by atoms with E-state index in [0.717, 1.165) is 4.47 Å². The van der Waals surface area contributed by atoms with Gasteiger partial charge < -0.3 is 4.84 Å². The number of halogens is 1. The lowest BCUT2D eigenvalue weighted by molar-refractivity contribution is 0.0285. The molecule has 1 aromatic carbocycles. The molecule has 0 saturated heterocycles. The SMILES string of the molecule is CONC1CC(c2cccc(Br)c2)C1. The fourth-order valence-corrected chi connectivity index (χ4v) is 2.33. The second-order valence-electron chi connectivity index (χ2n) is 3.74. The van der Waals surface area contributed by atoms with E-state index in [0.29, 0.717) is 12.0 Å². The molecule has 0 amide bonds. The highest BCUT2D eigenvalue weighted by molar-refractivity contribution is 9.10. The number of rotatable bonds is 3. The van der Waals surface area contributed by atoms with Crippen LogP contribution in [0, 0.1) is 0 Å². The Morgan fingerprint density at radius 2 is 2.21 bits per heavy atom. The molecule has 0 spiro atoms. The zero-order valence-corrected chi connectivity index (χ0v) is 9.75. The van der Waals surface area contributed by atoms with E-state index in [2.05, 4.69) is 45.7 Å². The maximum atomic E-state index is 4.89. The Hall–Kier alpha value is -0.380. The molecule has 2 nitrogen and oxygen atoms in total. The van der Waals surface area contributed by atoms with Crippen molar-refractivity contribution in [1.82, 2.24) is 5.48 Å². The van der Waals surface area contributed by atoms with E-state index < -0.39 is 0 Å². The van der Waals surface area contributed by atoms with E-state index in [1.54, 1.807) is 7.11 Å². The lowest BCUT2D eigenvalue weighted by atomic mass is 9.76. The van der Waals surface area contributed by atoms with Crippen LogP contribution in [0.15, 0.2) is 28.7 Å². The molecule has 0 aromatic heterocycles. The molecule has 1 saturated carbocycles. The van der Waals surface area contributed by atoms with Gasteiger partial charge in [-0.1, -0.05) is 28.1 Å². The molecule has 14 heavy (non-hydrogen) atoms. The van der Waals surface area contributed by atoms with Crippen molar-refractivity contribution < 1.29 is 4.84 Å². The summed E-state index contributed by atoms with van der Waals surface area (Å²) in [5.41, 5.74) is 4.41. The number of hydrogen-bond donors (Lipinski definition) is 1. The standard InChI is InChI=1S/C11H14BrNO/c1-14-13-11-6-9(7-11)8-3-2-4-10(12)5-8/h2-5,9,11,13H,6-7H2,1H3. The topological polar surface area (TPSA) is 21.3 Å². The van der Waals surface area contributed by atoms with Gasteiger partial charge in [-0.05, 0) is 36.5 Å². The van der Waals surface area contributed by atoms with Crippen LogP contribution < -0.4 is 5.48 Å². The summed E-state index contributed by atoms with van der Waals surface area (Å²) in [6, 6.07) is 9.08. The summed E-state index contributed by atoms with van der Waals surface area (Å²) in [4.78, 5) is 4.89. The third kappa shape index (κ3) is 2.16. The van der Waals surface area contributed by atoms with Crippen molar-refractivity contribution in [3.05, 3.63) is 34.3 Å². The van der Waals surface area contributed by atoms with Crippen LogP contribution in [0.1, 0.15) is 24.3 Å². The van der Waals surface area contributed by atoms with E-state index in [1.165, 1.54) is 18.4 Å². The highest BCUT2D eigenvalue weighted by atomic mass is 79.9. The van der Waals surface area contributed by atoms with E-state index >= 15 is 0 Å². The zero-order chi connectivity index (χ0) is 9.97. The summed E-state index contributed by atoms with van der Waals surface area (Å²) in [6.45, 7) is 0. The van der Waals surface area contributed by atoms with Crippen LogP contribution in [0.2, 0.25) is 0 Å². The second-order valence-corrected chi connectivity index (χ2v) is 4.66. The van der Waals surface area contributed by atoms with Crippen LogP contribution in [0.3, 0.4) is 0 Å². The summed E-state index contributed by atoms with van der Waals surface area (Å²) in [6.07, 6.45) is 2.34. The van der Waals surface area contributed by atoms with Crippen molar-refractivity contribution in [3.63, 3.8) is 0 Å². The Kier molecular flexibility index (Phi) is 3.21. The molecule has 1 aromatic rings. The number of nitrogens with one attached hydrogen (secondary N) is 1. The third-order valence-electron chi connectivity index (χ3n) is 2.74. The Labute approximate surface area is 92.7 Å². The van der Waals surface area contributed by atoms with Gasteiger partial charge in [0.25, 0.3) is 0 Å². The number of hydrogen-bond acceptors (Lipinski definition) is 2. The van der Waals surface area contributed by atoms with E-state index in [1.807, 2.05) is 0 Å². The quantitative estimate of drug-likeness (QED) is 0.839. The monoisotopic (exact) mass is 255 g/mol. The first-order valence-corrected chi connectivity index (χ1v) is 5.63. The van der Waals surface area contributed by atoms with Gasteiger partial charge in [-0.3, -0.25) is 0 Å². The second kappa shape index (κ2) is 4.43. The molecule has 1 N–H and O–H groups in total. The minimum Gasteiger partial charge on any atom is -0.305 e. The van der Waals surface area contributed by atoms with Crippen molar-refractivity contribution in [2.24, 2.45) is 0 Å². The number of benzene rings is 1. The summed E-state index contributed by atoms with van der Waals surface area (Å²) in [7, 11) is 1.67. The largest absolute Gasteiger partial charge is 0.305 e. The van der Waals surface area contributed by atoms with Gasteiger partial charge in [-0.15, -0.1) is 0 Å². The van der Waals surface area contributed by atoms with E-state index in [9.17, 15) is 0 Å². The first-order chi connectivity index (χ1) is 6.79. The van der Waals surface area contributed by atoms with Gasteiger partial charge in [0, 0.05) is 10.5 Å². The molecule has 1 fully saturated rings. The smallest absolute Gasteiger partial charge is 0.0572 e. The summed E-state index contributed by atoms with van der Waals surface area (Å²) in [5, 5.41) is 0. The Bertz CT molecular complexity index is 310. The summed E-state index contributed by atoms with van der Waals surface area (Å²) < 4.78 is 1.16. The average Bonchev–Trinajstić information content (AvgIpc) is 2.10. The Morgan fingerprint density at radius 3 is 2.86 bits per heavy atom. The van der Waals surface area contributed by atoms with Gasteiger partial charge in [-0.2, -0.15) is 5.48 Å². The zero-order valence-electron chi connectivity index (χ0n) is 8.16. The highest BCUT2D eigenvalue weighted by Gasteiger charge is 2.30. The molecule has 3 heteroatoms. The lowest BCUT2D eigenvalue weighted by Crippen LogP contribution is -2.39. The van der Waals surface area contributed by atoms with Crippen LogP contribution in [-0.4, -0.2) is 13.2 Å². The van der Waals surface area contributed by atoms with Crippen LogP contribution in [-0.2, 0) is 4.84 Å². The molecule has 0 unspecified atom stereocenters. The average molecular weight is 256 g/mol. The van der Waals surface area contributed by atoms with Gasteiger partial charge in [0.15, 0.2) is 0 Å². The predicted molar refractivity (Wildman–Crippen MR) is 60.0 cm³/mol. The molecular weight excluding hydrogens is 242 g/mol. The molecule has 0 heterocycles. The minimum absolute atomic E-state index is 0.531. The normalized spacial score (nSPS) is 25.9. The van der Waals surface area contributed by atoms with Gasteiger partial charge in [0.05, 0.1) is 7.11 Å². The van der Waals surface area contributed by atoms with E-state index in [4.69, 9.17) is 4.84 Å². The van der Waals surface area contributed by atoms with Crippen LogP contribution in [0.25, 0.3) is 0 Å². The van der Waals surface area contributed by atoms with Crippen LogP contribution in [0.5, 0.6) is 0 Å². The van der Waals surface area contributed by atoms with Crippen molar-refractivity contribution in [2.45, 2.75) is 24.8 Å². The molecule has 0 bridgehead atoms. The molecule has 0 aliphatic heterocycles. The first kappa shape index (κ1) is 10.1. The Morgan fingerprint density at radius 1 is 1.43 bits per heavy atom. The fraction of sp³-hybridized carbons (Fsp3) is 0.455. The Balaban J connectivity index is 1.93. The fourth-order valence-electron chi connectivity index (χ4n) is 1.91. The van der Waals surface area contributed by atoms with Gasteiger partial charge in [0.2, 0.25) is 0 Å². The van der Waals surface area contributed by atoms with Crippen molar-refractivity contribution in [3.8, 4) is 0 Å². The highest BCUT2D eigenvalue weighted by Crippen LogP contribution is 2.37. The van der Waals surface area contributed by atoms with Crippen molar-refractivity contribution >= 4 is 15.9 Å².